The number of aryl methyl sites for hydroxylation is 1. The van der Waals surface area contributed by atoms with E-state index in [-0.39, 0.29) is 5.60 Å². The molecule has 1 heterocycles. The van der Waals surface area contributed by atoms with Crippen LogP contribution in [0.5, 0.6) is 5.75 Å². The fraction of sp³-hybridized carbons (Fsp3) is 0.538. The summed E-state index contributed by atoms with van der Waals surface area (Å²) in [6, 6.07) is 5.86. The van der Waals surface area contributed by atoms with Gasteiger partial charge in [-0.1, -0.05) is 11.6 Å². The number of rotatable bonds is 2. The number of halogens is 1. The SMILES string of the molecule is Cc1cc(OC2(C)CCNCC2)ccc1Cl. The lowest BCUT2D eigenvalue weighted by Crippen LogP contribution is -2.43. The van der Waals surface area contributed by atoms with E-state index in [9.17, 15) is 0 Å². The van der Waals surface area contributed by atoms with Crippen LogP contribution in [0.1, 0.15) is 25.3 Å². The molecule has 16 heavy (non-hydrogen) atoms. The first-order chi connectivity index (χ1) is 7.59. The molecule has 2 rings (SSSR count). The monoisotopic (exact) mass is 239 g/mol. The first kappa shape index (κ1) is 11.7. The minimum absolute atomic E-state index is 0.0362. The molecule has 1 fully saturated rings. The smallest absolute Gasteiger partial charge is 0.120 e. The van der Waals surface area contributed by atoms with Gasteiger partial charge in [0.2, 0.25) is 0 Å². The molecule has 0 amide bonds. The van der Waals surface area contributed by atoms with Gasteiger partial charge in [-0.15, -0.1) is 0 Å². The van der Waals surface area contributed by atoms with Crippen LogP contribution in [0, 0.1) is 6.92 Å². The molecule has 3 heteroatoms. The van der Waals surface area contributed by atoms with Crippen LogP contribution in [0.2, 0.25) is 5.02 Å². The Morgan fingerprint density at radius 1 is 1.31 bits per heavy atom. The maximum atomic E-state index is 6.08. The van der Waals surface area contributed by atoms with Crippen molar-refractivity contribution in [2.24, 2.45) is 0 Å². The Balaban J connectivity index is 2.10. The molecule has 0 aliphatic carbocycles. The largest absolute Gasteiger partial charge is 0.487 e. The number of piperidine rings is 1. The Morgan fingerprint density at radius 2 is 2.00 bits per heavy atom. The highest BCUT2D eigenvalue weighted by atomic mass is 35.5. The first-order valence-corrected chi connectivity index (χ1v) is 6.13. The normalized spacial score (nSPS) is 19.4. The van der Waals surface area contributed by atoms with Crippen LogP contribution < -0.4 is 10.1 Å². The van der Waals surface area contributed by atoms with Crippen LogP contribution >= 0.6 is 11.6 Å². The topological polar surface area (TPSA) is 21.3 Å². The summed E-state index contributed by atoms with van der Waals surface area (Å²) in [5.41, 5.74) is 1.03. The zero-order chi connectivity index (χ0) is 11.6. The van der Waals surface area contributed by atoms with Crippen LogP contribution in [0.15, 0.2) is 18.2 Å². The van der Waals surface area contributed by atoms with Crippen molar-refractivity contribution in [3.8, 4) is 5.75 Å². The molecule has 0 spiro atoms. The average Bonchev–Trinajstić information content (AvgIpc) is 2.24. The Hall–Kier alpha value is -0.730. The molecule has 1 N–H and O–H groups in total. The van der Waals surface area contributed by atoms with Gasteiger partial charge in [0.1, 0.15) is 11.4 Å². The van der Waals surface area contributed by atoms with Crippen LogP contribution in [-0.2, 0) is 0 Å². The Kier molecular flexibility index (Phi) is 3.41. The van der Waals surface area contributed by atoms with Gasteiger partial charge in [-0.2, -0.15) is 0 Å². The molecule has 1 saturated heterocycles. The maximum Gasteiger partial charge on any atom is 0.120 e. The van der Waals surface area contributed by atoms with Gasteiger partial charge in [0, 0.05) is 5.02 Å². The highest BCUT2D eigenvalue weighted by molar-refractivity contribution is 6.31. The van der Waals surface area contributed by atoms with E-state index in [0.717, 1.165) is 42.3 Å². The molecule has 1 aliphatic heterocycles. The number of hydrogen-bond donors (Lipinski definition) is 1. The summed E-state index contributed by atoms with van der Waals surface area (Å²) in [5, 5.41) is 4.14. The zero-order valence-corrected chi connectivity index (χ0v) is 10.6. The lowest BCUT2D eigenvalue weighted by Gasteiger charge is -2.34. The van der Waals surface area contributed by atoms with Crippen molar-refractivity contribution in [1.82, 2.24) is 5.32 Å². The van der Waals surface area contributed by atoms with Crippen molar-refractivity contribution in [1.29, 1.82) is 0 Å². The molecule has 0 aromatic heterocycles. The second kappa shape index (κ2) is 4.64. The van der Waals surface area contributed by atoms with Gasteiger partial charge in [-0.25, -0.2) is 0 Å². The van der Waals surface area contributed by atoms with Crippen molar-refractivity contribution < 1.29 is 4.74 Å². The highest BCUT2D eigenvalue weighted by Crippen LogP contribution is 2.28. The predicted molar refractivity (Wildman–Crippen MR) is 67.3 cm³/mol. The molecule has 0 atom stereocenters. The van der Waals surface area contributed by atoms with E-state index in [1.165, 1.54) is 0 Å². The zero-order valence-electron chi connectivity index (χ0n) is 9.85. The Labute approximate surface area is 102 Å². The minimum Gasteiger partial charge on any atom is -0.487 e. The molecule has 1 aromatic carbocycles. The van der Waals surface area contributed by atoms with E-state index < -0.39 is 0 Å². The van der Waals surface area contributed by atoms with Crippen molar-refractivity contribution in [2.75, 3.05) is 13.1 Å². The number of benzene rings is 1. The van der Waals surface area contributed by atoms with Crippen molar-refractivity contribution in [2.45, 2.75) is 32.3 Å². The molecule has 2 nitrogen and oxygen atoms in total. The van der Waals surface area contributed by atoms with E-state index in [0.29, 0.717) is 0 Å². The van der Waals surface area contributed by atoms with E-state index in [1.54, 1.807) is 0 Å². The first-order valence-electron chi connectivity index (χ1n) is 5.75. The Morgan fingerprint density at radius 3 is 2.62 bits per heavy atom. The van der Waals surface area contributed by atoms with Crippen LogP contribution in [-0.4, -0.2) is 18.7 Å². The van der Waals surface area contributed by atoms with Crippen molar-refractivity contribution >= 4 is 11.6 Å². The Bertz CT molecular complexity index is 372. The maximum absolute atomic E-state index is 6.08. The minimum atomic E-state index is -0.0362. The van der Waals surface area contributed by atoms with E-state index in [4.69, 9.17) is 16.3 Å². The lowest BCUT2D eigenvalue weighted by atomic mass is 9.94. The van der Waals surface area contributed by atoms with E-state index >= 15 is 0 Å². The second-order valence-corrected chi connectivity index (χ2v) is 5.12. The van der Waals surface area contributed by atoms with E-state index in [2.05, 4.69) is 12.2 Å². The summed E-state index contributed by atoms with van der Waals surface area (Å²) >= 11 is 5.99. The summed E-state index contributed by atoms with van der Waals surface area (Å²) in [4.78, 5) is 0. The quantitative estimate of drug-likeness (QED) is 0.856. The second-order valence-electron chi connectivity index (χ2n) is 4.71. The van der Waals surface area contributed by atoms with E-state index in [1.807, 2.05) is 25.1 Å². The van der Waals surface area contributed by atoms with Crippen molar-refractivity contribution in [3.63, 3.8) is 0 Å². The van der Waals surface area contributed by atoms with Gasteiger partial charge in [0.15, 0.2) is 0 Å². The molecule has 0 saturated carbocycles. The van der Waals surface area contributed by atoms with Crippen LogP contribution in [0.3, 0.4) is 0 Å². The van der Waals surface area contributed by atoms with Gasteiger partial charge in [0.05, 0.1) is 0 Å². The molecule has 1 aromatic rings. The molecular weight excluding hydrogens is 222 g/mol. The van der Waals surface area contributed by atoms with Gasteiger partial charge in [-0.3, -0.25) is 0 Å². The lowest BCUT2D eigenvalue weighted by molar-refractivity contribution is 0.0555. The number of nitrogens with one attached hydrogen (secondary N) is 1. The molecule has 1 aliphatic rings. The average molecular weight is 240 g/mol. The van der Waals surface area contributed by atoms with Gasteiger partial charge in [0.25, 0.3) is 0 Å². The van der Waals surface area contributed by atoms with Crippen LogP contribution in [0.25, 0.3) is 0 Å². The molecule has 0 unspecified atom stereocenters. The number of ether oxygens (including phenoxy) is 1. The standard InChI is InChI=1S/C13H18ClNO/c1-10-9-11(3-4-12(10)14)16-13(2)5-7-15-8-6-13/h3-4,9,15H,5-8H2,1-2H3. The molecular formula is C13H18ClNO. The summed E-state index contributed by atoms with van der Waals surface area (Å²) in [7, 11) is 0. The predicted octanol–water partition coefficient (Wildman–Crippen LogP) is 3.17. The third-order valence-electron chi connectivity index (χ3n) is 3.15. The van der Waals surface area contributed by atoms with Crippen molar-refractivity contribution in [3.05, 3.63) is 28.8 Å². The summed E-state index contributed by atoms with van der Waals surface area (Å²) in [5.74, 6) is 0.923. The molecule has 0 bridgehead atoms. The summed E-state index contributed by atoms with van der Waals surface area (Å²) < 4.78 is 6.08. The molecule has 88 valence electrons. The van der Waals surface area contributed by atoms with Gasteiger partial charge in [-0.05, 0) is 63.5 Å². The summed E-state index contributed by atoms with van der Waals surface area (Å²) in [6.07, 6.45) is 2.10. The highest BCUT2D eigenvalue weighted by Gasteiger charge is 2.28. The van der Waals surface area contributed by atoms with Gasteiger partial charge < -0.3 is 10.1 Å². The summed E-state index contributed by atoms with van der Waals surface area (Å²) in [6.45, 7) is 6.24. The molecule has 0 radical (unpaired) electrons. The third-order valence-corrected chi connectivity index (χ3v) is 3.58. The fourth-order valence-electron chi connectivity index (χ4n) is 2.02. The van der Waals surface area contributed by atoms with Crippen LogP contribution in [0.4, 0.5) is 0 Å². The number of hydrogen-bond acceptors (Lipinski definition) is 2. The third kappa shape index (κ3) is 2.69. The fourth-order valence-corrected chi connectivity index (χ4v) is 2.14. The van der Waals surface area contributed by atoms with Gasteiger partial charge >= 0.3 is 0 Å².